The highest BCUT2D eigenvalue weighted by Gasteiger charge is 2.24. The van der Waals surface area contributed by atoms with E-state index in [2.05, 4.69) is 43.5 Å². The summed E-state index contributed by atoms with van der Waals surface area (Å²) < 4.78 is 5.67. The van der Waals surface area contributed by atoms with Crippen molar-refractivity contribution in [1.29, 1.82) is 0 Å². The third kappa shape index (κ3) is 9.26. The van der Waals surface area contributed by atoms with Crippen molar-refractivity contribution in [2.75, 3.05) is 6.61 Å². The van der Waals surface area contributed by atoms with Gasteiger partial charge in [0.1, 0.15) is 0 Å². The number of benzene rings is 1. The number of hydrogen-bond donors (Lipinski definition) is 0. The van der Waals surface area contributed by atoms with Crippen LogP contribution in [0.4, 0.5) is 0 Å². The smallest absolute Gasteiger partial charge is 0.0717 e. The lowest BCUT2D eigenvalue weighted by molar-refractivity contribution is 0.125. The first-order chi connectivity index (χ1) is 15.8. The number of hydrogen-bond acceptors (Lipinski definition) is 1. The first-order valence-corrected chi connectivity index (χ1v) is 13.6. The molecule has 0 aromatic heterocycles. The zero-order valence-electron chi connectivity index (χ0n) is 20.6. The van der Waals surface area contributed by atoms with Crippen LogP contribution in [0.1, 0.15) is 101 Å². The molecule has 0 N–H and O–H groups in total. The van der Waals surface area contributed by atoms with Crippen molar-refractivity contribution >= 4 is 0 Å². The van der Waals surface area contributed by atoms with E-state index in [1.54, 1.807) is 0 Å². The van der Waals surface area contributed by atoms with Crippen LogP contribution in [0, 0.1) is 23.7 Å². The molecule has 1 heteroatoms. The Kier molecular flexibility index (Phi) is 11.6. The largest absolute Gasteiger partial charge is 0.376 e. The normalized spacial score (nSPS) is 26.0. The van der Waals surface area contributed by atoms with Gasteiger partial charge in [-0.05, 0) is 66.9 Å². The van der Waals surface area contributed by atoms with E-state index in [-0.39, 0.29) is 0 Å². The second-order valence-electron chi connectivity index (χ2n) is 10.7. The molecule has 0 atom stereocenters. The van der Waals surface area contributed by atoms with Gasteiger partial charge < -0.3 is 4.74 Å². The molecule has 3 rings (SSSR count). The summed E-state index contributed by atoms with van der Waals surface area (Å²) >= 11 is 0. The predicted molar refractivity (Wildman–Crippen MR) is 139 cm³/mol. The van der Waals surface area contributed by atoms with E-state index >= 15 is 0 Å². The molecule has 0 radical (unpaired) electrons. The van der Waals surface area contributed by atoms with Gasteiger partial charge in [0.2, 0.25) is 0 Å². The number of aryl methyl sites for hydroxylation is 1. The Hall–Kier alpha value is -1.34. The second kappa shape index (κ2) is 14.7. The topological polar surface area (TPSA) is 9.23 Å². The van der Waals surface area contributed by atoms with E-state index in [4.69, 9.17) is 4.74 Å². The Morgan fingerprint density at radius 1 is 0.625 bits per heavy atom. The summed E-state index contributed by atoms with van der Waals surface area (Å²) in [5.41, 5.74) is 2.77. The molecule has 2 aliphatic rings. The Bertz CT molecular complexity index is 629. The maximum Gasteiger partial charge on any atom is 0.0717 e. The number of rotatable bonds is 14. The Balaban J connectivity index is 1.24. The molecular weight excluding hydrogens is 388 g/mol. The molecule has 0 saturated heterocycles. The monoisotopic (exact) mass is 436 g/mol. The van der Waals surface area contributed by atoms with Crippen LogP contribution >= 0.6 is 0 Å². The summed E-state index contributed by atoms with van der Waals surface area (Å²) in [4.78, 5) is 0. The lowest BCUT2D eigenvalue weighted by atomic mass is 9.74. The molecule has 1 nitrogen and oxygen atoms in total. The first kappa shape index (κ1) is 25.3. The van der Waals surface area contributed by atoms with Gasteiger partial charge >= 0.3 is 0 Å². The van der Waals surface area contributed by atoms with Crippen molar-refractivity contribution in [2.45, 2.75) is 103 Å². The van der Waals surface area contributed by atoms with Gasteiger partial charge in [-0.3, -0.25) is 0 Å². The Morgan fingerprint density at radius 2 is 1.09 bits per heavy atom. The second-order valence-corrected chi connectivity index (χ2v) is 10.7. The van der Waals surface area contributed by atoms with Crippen LogP contribution in [0.25, 0.3) is 0 Å². The highest BCUT2D eigenvalue weighted by molar-refractivity contribution is 5.22. The van der Waals surface area contributed by atoms with Crippen LogP contribution in [-0.2, 0) is 17.8 Å². The highest BCUT2D eigenvalue weighted by atomic mass is 16.5. The molecule has 0 bridgehead atoms. The van der Waals surface area contributed by atoms with E-state index < -0.39 is 0 Å². The average Bonchev–Trinajstić information content (AvgIpc) is 2.85. The lowest BCUT2D eigenvalue weighted by Crippen LogP contribution is -2.18. The van der Waals surface area contributed by atoms with Gasteiger partial charge in [-0.15, -0.1) is 13.2 Å². The van der Waals surface area contributed by atoms with Crippen molar-refractivity contribution in [3.05, 3.63) is 60.7 Å². The van der Waals surface area contributed by atoms with Gasteiger partial charge in [-0.2, -0.15) is 0 Å². The van der Waals surface area contributed by atoms with Crippen LogP contribution in [0.5, 0.6) is 0 Å². The molecule has 0 heterocycles. The van der Waals surface area contributed by atoms with E-state index in [0.717, 1.165) is 43.3 Å². The molecule has 0 spiro atoms. The fourth-order valence-electron chi connectivity index (χ4n) is 5.97. The van der Waals surface area contributed by atoms with Gasteiger partial charge in [-0.25, -0.2) is 0 Å². The minimum absolute atomic E-state index is 0.717. The summed E-state index contributed by atoms with van der Waals surface area (Å²) in [6.07, 6.45) is 25.0. The van der Waals surface area contributed by atoms with E-state index in [1.165, 1.54) is 101 Å². The van der Waals surface area contributed by atoms with Gasteiger partial charge in [-0.1, -0.05) is 101 Å². The van der Waals surface area contributed by atoms with E-state index in [0.29, 0.717) is 0 Å². The summed E-state index contributed by atoms with van der Waals surface area (Å²) in [6, 6.07) is 9.11. The molecule has 2 saturated carbocycles. The minimum Gasteiger partial charge on any atom is -0.376 e. The molecule has 0 amide bonds. The fourth-order valence-corrected chi connectivity index (χ4v) is 5.97. The van der Waals surface area contributed by atoms with Gasteiger partial charge in [0, 0.05) is 0 Å². The fraction of sp³-hybridized carbons (Fsp3) is 0.677. The zero-order valence-corrected chi connectivity index (χ0v) is 20.6. The lowest BCUT2D eigenvalue weighted by Gasteiger charge is -2.32. The van der Waals surface area contributed by atoms with Crippen LogP contribution in [0.3, 0.4) is 0 Å². The molecule has 0 unspecified atom stereocenters. The van der Waals surface area contributed by atoms with Crippen molar-refractivity contribution in [2.24, 2.45) is 23.7 Å². The van der Waals surface area contributed by atoms with E-state index in [9.17, 15) is 0 Å². The maximum atomic E-state index is 5.67. The van der Waals surface area contributed by atoms with Crippen molar-refractivity contribution in [1.82, 2.24) is 0 Å². The number of ether oxygens (including phenoxy) is 1. The SMILES string of the molecule is C=CCCOCc1ccc(CC[C@H]2CC[C@H](CC[C@H]3CC[C@H](CCC=C)CC3)CC2)cc1. The van der Waals surface area contributed by atoms with Crippen LogP contribution < -0.4 is 0 Å². The van der Waals surface area contributed by atoms with Crippen LogP contribution in [-0.4, -0.2) is 6.61 Å². The highest BCUT2D eigenvalue weighted by Crippen LogP contribution is 2.38. The summed E-state index contributed by atoms with van der Waals surface area (Å²) in [5.74, 6) is 3.99. The standard InChI is InChI=1S/C31H48O/c1-3-5-7-26-8-10-27(11-9-26)12-13-28-14-16-29(17-15-28)18-19-30-20-22-31(23-21-30)25-32-24-6-4-2/h3-4,20-23,26-29H,1-2,5-19,24-25H2/t26-,27-,28-,29-. The quantitative estimate of drug-likeness (QED) is 0.209. The maximum absolute atomic E-state index is 5.67. The van der Waals surface area contributed by atoms with Crippen molar-refractivity contribution < 1.29 is 4.74 Å². The third-order valence-corrected chi connectivity index (χ3v) is 8.29. The molecule has 32 heavy (non-hydrogen) atoms. The molecular formula is C31H48O. The Labute approximate surface area is 198 Å². The van der Waals surface area contributed by atoms with Gasteiger partial charge in [0.25, 0.3) is 0 Å². The zero-order chi connectivity index (χ0) is 22.4. The molecule has 1 aromatic rings. The molecule has 1 aromatic carbocycles. The average molecular weight is 437 g/mol. The van der Waals surface area contributed by atoms with Gasteiger partial charge in [0.05, 0.1) is 13.2 Å². The Morgan fingerprint density at radius 3 is 1.62 bits per heavy atom. The third-order valence-electron chi connectivity index (χ3n) is 8.29. The van der Waals surface area contributed by atoms with E-state index in [1.807, 2.05) is 6.08 Å². The summed E-state index contributed by atoms with van der Waals surface area (Å²) in [7, 11) is 0. The van der Waals surface area contributed by atoms with Gasteiger partial charge in [0.15, 0.2) is 0 Å². The summed E-state index contributed by atoms with van der Waals surface area (Å²) in [6.45, 7) is 9.11. The molecule has 178 valence electrons. The minimum atomic E-state index is 0.717. The van der Waals surface area contributed by atoms with Crippen LogP contribution in [0.15, 0.2) is 49.6 Å². The van der Waals surface area contributed by atoms with Crippen molar-refractivity contribution in [3.63, 3.8) is 0 Å². The first-order valence-electron chi connectivity index (χ1n) is 13.6. The van der Waals surface area contributed by atoms with Crippen molar-refractivity contribution in [3.8, 4) is 0 Å². The molecule has 2 fully saturated rings. The number of allylic oxidation sites excluding steroid dienone is 1. The predicted octanol–water partition coefficient (Wildman–Crippen LogP) is 9.07. The van der Waals surface area contributed by atoms with Crippen LogP contribution in [0.2, 0.25) is 0 Å². The summed E-state index contributed by atoms with van der Waals surface area (Å²) in [5, 5.41) is 0. The molecule has 2 aliphatic carbocycles. The molecule has 0 aliphatic heterocycles.